The maximum atomic E-state index is 12.4. The van der Waals surface area contributed by atoms with Crippen LogP contribution in [0.3, 0.4) is 0 Å². The molecule has 0 radical (unpaired) electrons. The van der Waals surface area contributed by atoms with E-state index >= 15 is 0 Å². The molecule has 0 aliphatic heterocycles. The number of nitrogen functional groups attached to an aromatic ring is 1. The Bertz CT molecular complexity index is 556. The number of rotatable bonds is 9. The molecule has 120 valence electrons. The third-order valence-corrected chi connectivity index (χ3v) is 5.06. The van der Waals surface area contributed by atoms with Crippen molar-refractivity contribution in [2.45, 2.75) is 44.9 Å². The molecule has 0 heterocycles. The van der Waals surface area contributed by atoms with E-state index in [2.05, 4.69) is 11.6 Å². The number of sulfonamides is 1. The number of nitrogens with one attached hydrogen (secondary N) is 1. The van der Waals surface area contributed by atoms with Crippen molar-refractivity contribution in [1.29, 1.82) is 0 Å². The summed E-state index contributed by atoms with van der Waals surface area (Å²) in [6.45, 7) is 7.27. The predicted octanol–water partition coefficient (Wildman–Crippen LogP) is 2.37. The molecular formula is C15H26N2O3S. The Morgan fingerprint density at radius 2 is 1.86 bits per heavy atom. The smallest absolute Gasteiger partial charge is 0.241 e. The van der Waals surface area contributed by atoms with Crippen molar-refractivity contribution >= 4 is 15.7 Å². The molecule has 0 aromatic heterocycles. The highest BCUT2D eigenvalue weighted by Gasteiger charge is 2.20. The van der Waals surface area contributed by atoms with Gasteiger partial charge in [0.25, 0.3) is 0 Å². The lowest BCUT2D eigenvalue weighted by atomic mass is 10.1. The van der Waals surface area contributed by atoms with Gasteiger partial charge in [0.1, 0.15) is 0 Å². The van der Waals surface area contributed by atoms with E-state index in [1.165, 1.54) is 0 Å². The Morgan fingerprint density at radius 1 is 1.19 bits per heavy atom. The fourth-order valence-electron chi connectivity index (χ4n) is 2.06. The van der Waals surface area contributed by atoms with Crippen molar-refractivity contribution in [3.63, 3.8) is 0 Å². The molecule has 1 aromatic carbocycles. The van der Waals surface area contributed by atoms with Crippen LogP contribution < -0.4 is 10.5 Å². The Labute approximate surface area is 127 Å². The average molecular weight is 314 g/mol. The van der Waals surface area contributed by atoms with Gasteiger partial charge in [0.15, 0.2) is 0 Å². The van der Waals surface area contributed by atoms with Crippen LogP contribution in [0.25, 0.3) is 0 Å². The SMILES string of the molecule is CCCCOCCCNS(=O)(=O)c1c(C)ccc(N)c1C. The molecule has 0 unspecified atom stereocenters. The number of hydrogen-bond acceptors (Lipinski definition) is 4. The highest BCUT2D eigenvalue weighted by atomic mass is 32.2. The molecule has 3 N–H and O–H groups in total. The average Bonchev–Trinajstić information content (AvgIpc) is 2.42. The van der Waals surface area contributed by atoms with Gasteiger partial charge in [-0.3, -0.25) is 0 Å². The lowest BCUT2D eigenvalue weighted by molar-refractivity contribution is 0.130. The normalized spacial score (nSPS) is 11.8. The van der Waals surface area contributed by atoms with Gasteiger partial charge in [0.05, 0.1) is 4.90 Å². The summed E-state index contributed by atoms with van der Waals surface area (Å²) in [7, 11) is -3.53. The van der Waals surface area contributed by atoms with Gasteiger partial charge in [-0.2, -0.15) is 0 Å². The molecule has 1 aromatic rings. The number of unbranched alkanes of at least 4 members (excludes halogenated alkanes) is 1. The van der Waals surface area contributed by atoms with Gasteiger partial charge >= 0.3 is 0 Å². The summed E-state index contributed by atoms with van der Waals surface area (Å²) in [5, 5.41) is 0. The second kappa shape index (κ2) is 8.36. The van der Waals surface area contributed by atoms with E-state index in [1.807, 2.05) is 0 Å². The first-order valence-electron chi connectivity index (χ1n) is 7.33. The van der Waals surface area contributed by atoms with Crippen molar-refractivity contribution in [2.24, 2.45) is 0 Å². The van der Waals surface area contributed by atoms with Gasteiger partial charge in [0.2, 0.25) is 10.0 Å². The van der Waals surface area contributed by atoms with E-state index in [4.69, 9.17) is 10.5 Å². The fraction of sp³-hybridized carbons (Fsp3) is 0.600. The molecular weight excluding hydrogens is 288 g/mol. The number of anilines is 1. The van der Waals surface area contributed by atoms with Gasteiger partial charge in [-0.25, -0.2) is 13.1 Å². The molecule has 21 heavy (non-hydrogen) atoms. The summed E-state index contributed by atoms with van der Waals surface area (Å²) in [5.74, 6) is 0. The first-order chi connectivity index (χ1) is 9.90. The van der Waals surface area contributed by atoms with Crippen molar-refractivity contribution < 1.29 is 13.2 Å². The zero-order chi connectivity index (χ0) is 15.9. The molecule has 0 saturated heterocycles. The van der Waals surface area contributed by atoms with Gasteiger partial charge < -0.3 is 10.5 Å². The van der Waals surface area contributed by atoms with E-state index in [0.717, 1.165) is 19.4 Å². The topological polar surface area (TPSA) is 81.4 Å². The molecule has 6 heteroatoms. The molecule has 0 aliphatic rings. The summed E-state index contributed by atoms with van der Waals surface area (Å²) in [6, 6.07) is 3.45. The van der Waals surface area contributed by atoms with Crippen LogP contribution in [0.5, 0.6) is 0 Å². The minimum atomic E-state index is -3.53. The van der Waals surface area contributed by atoms with Gasteiger partial charge in [-0.05, 0) is 43.9 Å². The highest BCUT2D eigenvalue weighted by molar-refractivity contribution is 7.89. The molecule has 0 fully saturated rings. The second-order valence-corrected chi connectivity index (χ2v) is 6.85. The van der Waals surface area contributed by atoms with Gasteiger partial charge in [-0.1, -0.05) is 19.4 Å². The summed E-state index contributed by atoms with van der Waals surface area (Å²) in [5.41, 5.74) is 7.59. The Kier molecular flexibility index (Phi) is 7.14. The van der Waals surface area contributed by atoms with E-state index in [1.54, 1.807) is 26.0 Å². The van der Waals surface area contributed by atoms with E-state index in [0.29, 0.717) is 36.4 Å². The van der Waals surface area contributed by atoms with E-state index in [-0.39, 0.29) is 4.90 Å². The van der Waals surface area contributed by atoms with E-state index < -0.39 is 10.0 Å². The molecule has 5 nitrogen and oxygen atoms in total. The second-order valence-electron chi connectivity index (χ2n) is 5.14. The van der Waals surface area contributed by atoms with Crippen molar-refractivity contribution in [3.8, 4) is 0 Å². The standard InChI is InChI=1S/C15H26N2O3S/c1-4-5-10-20-11-6-9-17-21(18,19)15-12(2)7-8-14(16)13(15)3/h7-8,17H,4-6,9-11,16H2,1-3H3. The lowest BCUT2D eigenvalue weighted by Gasteiger charge is -2.13. The maximum Gasteiger partial charge on any atom is 0.241 e. The van der Waals surface area contributed by atoms with Crippen LogP contribution in [0.1, 0.15) is 37.3 Å². The number of benzene rings is 1. The van der Waals surface area contributed by atoms with Crippen molar-refractivity contribution in [1.82, 2.24) is 4.72 Å². The first-order valence-corrected chi connectivity index (χ1v) is 8.81. The molecule has 0 aliphatic carbocycles. The monoisotopic (exact) mass is 314 g/mol. The zero-order valence-electron chi connectivity index (χ0n) is 13.1. The number of nitrogens with two attached hydrogens (primary N) is 1. The van der Waals surface area contributed by atoms with Crippen LogP contribution in [0, 0.1) is 13.8 Å². The highest BCUT2D eigenvalue weighted by Crippen LogP contribution is 2.24. The lowest BCUT2D eigenvalue weighted by Crippen LogP contribution is -2.27. The fourth-order valence-corrected chi connectivity index (χ4v) is 3.63. The van der Waals surface area contributed by atoms with Gasteiger partial charge in [0, 0.05) is 25.4 Å². The Balaban J connectivity index is 2.57. The Morgan fingerprint density at radius 3 is 2.52 bits per heavy atom. The molecule has 1 rings (SSSR count). The van der Waals surface area contributed by atoms with Crippen LogP contribution in [0.2, 0.25) is 0 Å². The van der Waals surface area contributed by atoms with Crippen LogP contribution in [-0.2, 0) is 14.8 Å². The third-order valence-electron chi connectivity index (χ3n) is 3.31. The third kappa shape index (κ3) is 5.30. The maximum absolute atomic E-state index is 12.4. The number of aryl methyl sites for hydroxylation is 1. The predicted molar refractivity (Wildman–Crippen MR) is 85.9 cm³/mol. The van der Waals surface area contributed by atoms with Crippen molar-refractivity contribution in [2.75, 3.05) is 25.5 Å². The Hall–Kier alpha value is -1.11. The van der Waals surface area contributed by atoms with Crippen LogP contribution >= 0.6 is 0 Å². The van der Waals surface area contributed by atoms with Crippen LogP contribution in [0.15, 0.2) is 17.0 Å². The summed E-state index contributed by atoms with van der Waals surface area (Å²) in [4.78, 5) is 0.286. The molecule has 0 atom stereocenters. The molecule has 0 bridgehead atoms. The zero-order valence-corrected chi connectivity index (χ0v) is 13.9. The number of ether oxygens (including phenoxy) is 1. The summed E-state index contributed by atoms with van der Waals surface area (Å²) in [6.07, 6.45) is 2.79. The minimum Gasteiger partial charge on any atom is -0.398 e. The molecule has 0 amide bonds. The largest absolute Gasteiger partial charge is 0.398 e. The summed E-state index contributed by atoms with van der Waals surface area (Å²) >= 11 is 0. The van der Waals surface area contributed by atoms with Crippen molar-refractivity contribution in [3.05, 3.63) is 23.3 Å². The van der Waals surface area contributed by atoms with E-state index in [9.17, 15) is 8.42 Å². The minimum absolute atomic E-state index is 0.286. The van der Waals surface area contributed by atoms with Crippen LogP contribution in [0.4, 0.5) is 5.69 Å². The quantitative estimate of drug-likeness (QED) is 0.541. The van der Waals surface area contributed by atoms with Crippen LogP contribution in [-0.4, -0.2) is 28.2 Å². The summed E-state index contributed by atoms with van der Waals surface area (Å²) < 4.78 is 32.7. The molecule has 0 saturated carbocycles. The number of hydrogen-bond donors (Lipinski definition) is 2. The van der Waals surface area contributed by atoms with Gasteiger partial charge in [-0.15, -0.1) is 0 Å². The first kappa shape index (κ1) is 17.9. The molecule has 0 spiro atoms.